The van der Waals surface area contributed by atoms with Crippen LogP contribution in [0.25, 0.3) is 10.4 Å². The van der Waals surface area contributed by atoms with Crippen molar-refractivity contribution >= 4 is 36.9 Å². The Hall–Kier alpha value is -2.65. The number of aliphatic hydroxyl groups excluding tert-OH is 1. The molecule has 198 valence electrons. The molecule has 0 spiro atoms. The predicted octanol–water partition coefficient (Wildman–Crippen LogP) is 6.84. The molecule has 2 aromatic carbocycles. The van der Waals surface area contributed by atoms with E-state index in [1.807, 2.05) is 31.3 Å². The Morgan fingerprint density at radius 3 is 2.51 bits per heavy atom. The van der Waals surface area contributed by atoms with E-state index in [1.165, 1.54) is 5.56 Å². The van der Waals surface area contributed by atoms with Crippen LogP contribution in [0.1, 0.15) is 37.6 Å². The van der Waals surface area contributed by atoms with Gasteiger partial charge in [0.05, 0.1) is 16.7 Å². The van der Waals surface area contributed by atoms with Crippen LogP contribution in [0, 0.1) is 5.41 Å². The number of β-amino-alcohol motifs (C(OH)–C–C–N with tert-alkyl or cyclic N) is 1. The fraction of sp³-hybridized carbons (Fsp3) is 0.414. The van der Waals surface area contributed by atoms with Gasteiger partial charge < -0.3 is 20.2 Å². The van der Waals surface area contributed by atoms with Crippen molar-refractivity contribution in [3.05, 3.63) is 65.0 Å². The molecule has 4 N–H and O–H groups in total. The first-order valence-corrected chi connectivity index (χ1v) is 16.6. The van der Waals surface area contributed by atoms with Gasteiger partial charge in [0.1, 0.15) is 11.6 Å². The molecule has 1 saturated heterocycles. The number of benzene rings is 2. The SMILES string of the molecule is CNc1cc(-c2ccc(CN3CCC(O)C3)cc2)sc1C(=N)Nc1cccc(O[Si](C)(C)C(C)(C)C)c1. The van der Waals surface area contributed by atoms with Gasteiger partial charge in [0.25, 0.3) is 0 Å². The topological polar surface area (TPSA) is 80.6 Å². The molecular formula is C29H40N4O2SSi. The van der Waals surface area contributed by atoms with Crippen LogP contribution in [0.4, 0.5) is 11.4 Å². The van der Waals surface area contributed by atoms with Crippen molar-refractivity contribution in [2.45, 2.75) is 58.0 Å². The maximum absolute atomic E-state index is 9.77. The Morgan fingerprint density at radius 2 is 1.89 bits per heavy atom. The molecule has 1 aliphatic rings. The summed E-state index contributed by atoms with van der Waals surface area (Å²) in [7, 11) is -0.0498. The maximum Gasteiger partial charge on any atom is 0.250 e. The lowest BCUT2D eigenvalue weighted by Gasteiger charge is -2.36. The van der Waals surface area contributed by atoms with Crippen LogP contribution in [0.15, 0.2) is 54.6 Å². The van der Waals surface area contributed by atoms with E-state index < -0.39 is 8.32 Å². The number of hydrogen-bond donors (Lipinski definition) is 4. The minimum Gasteiger partial charge on any atom is -0.543 e. The number of rotatable bonds is 8. The second-order valence-electron chi connectivity index (χ2n) is 11.4. The summed E-state index contributed by atoms with van der Waals surface area (Å²) in [4.78, 5) is 4.27. The Labute approximate surface area is 226 Å². The zero-order chi connectivity index (χ0) is 26.8. The van der Waals surface area contributed by atoms with Gasteiger partial charge in [0.15, 0.2) is 0 Å². The van der Waals surface area contributed by atoms with Crippen LogP contribution in [-0.4, -0.2) is 50.4 Å². The summed E-state index contributed by atoms with van der Waals surface area (Å²) < 4.78 is 6.46. The zero-order valence-corrected chi connectivity index (χ0v) is 24.6. The second kappa shape index (κ2) is 11.0. The number of nitrogens with zero attached hydrogens (tertiary/aromatic N) is 1. The average Bonchev–Trinajstić information content (AvgIpc) is 3.45. The van der Waals surface area contributed by atoms with Crippen LogP contribution >= 0.6 is 11.3 Å². The third-order valence-electron chi connectivity index (χ3n) is 7.40. The Morgan fingerprint density at radius 1 is 1.16 bits per heavy atom. The van der Waals surface area contributed by atoms with E-state index in [0.717, 1.165) is 58.5 Å². The van der Waals surface area contributed by atoms with Crippen LogP contribution in [-0.2, 0) is 6.54 Å². The Balaban J connectivity index is 1.46. The van der Waals surface area contributed by atoms with Gasteiger partial charge in [-0.15, -0.1) is 11.3 Å². The van der Waals surface area contributed by atoms with Crippen LogP contribution in [0.3, 0.4) is 0 Å². The number of nitrogens with one attached hydrogen (secondary N) is 3. The number of hydrogen-bond acceptors (Lipinski definition) is 6. The van der Waals surface area contributed by atoms with E-state index in [4.69, 9.17) is 9.84 Å². The molecule has 0 saturated carbocycles. The minimum absolute atomic E-state index is 0.118. The second-order valence-corrected chi connectivity index (χ2v) is 17.1. The minimum atomic E-state index is -1.94. The molecule has 1 fully saturated rings. The fourth-order valence-electron chi connectivity index (χ4n) is 4.18. The third-order valence-corrected chi connectivity index (χ3v) is 13.0. The Kier molecular flexibility index (Phi) is 8.13. The molecule has 0 amide bonds. The normalized spacial score (nSPS) is 16.6. The van der Waals surface area contributed by atoms with E-state index in [2.05, 4.69) is 79.7 Å². The van der Waals surface area contributed by atoms with Gasteiger partial charge >= 0.3 is 0 Å². The molecule has 1 unspecified atom stereocenters. The van der Waals surface area contributed by atoms with Crippen molar-refractivity contribution in [2.24, 2.45) is 0 Å². The lowest BCUT2D eigenvalue weighted by Crippen LogP contribution is -2.43. The van der Waals surface area contributed by atoms with Gasteiger partial charge in [0, 0.05) is 43.3 Å². The molecular weight excluding hydrogens is 496 g/mol. The Bertz CT molecular complexity index is 1230. The van der Waals surface area contributed by atoms with Crippen molar-refractivity contribution in [3.8, 4) is 16.2 Å². The first kappa shape index (κ1) is 27.4. The molecule has 0 radical (unpaired) electrons. The average molecular weight is 537 g/mol. The third kappa shape index (κ3) is 6.62. The molecule has 6 nitrogen and oxygen atoms in total. The number of anilines is 2. The first-order valence-electron chi connectivity index (χ1n) is 12.9. The van der Waals surface area contributed by atoms with E-state index in [9.17, 15) is 5.11 Å². The van der Waals surface area contributed by atoms with Crippen molar-refractivity contribution in [1.82, 2.24) is 4.90 Å². The van der Waals surface area contributed by atoms with Crippen molar-refractivity contribution in [3.63, 3.8) is 0 Å². The van der Waals surface area contributed by atoms with Gasteiger partial charge in [-0.1, -0.05) is 51.1 Å². The summed E-state index contributed by atoms with van der Waals surface area (Å²) in [5, 5.41) is 25.2. The quantitative estimate of drug-likeness (QED) is 0.144. The smallest absolute Gasteiger partial charge is 0.250 e. The first-order chi connectivity index (χ1) is 17.4. The lowest BCUT2D eigenvalue weighted by atomic mass is 10.1. The van der Waals surface area contributed by atoms with E-state index in [0.29, 0.717) is 5.84 Å². The molecule has 0 bridgehead atoms. The van der Waals surface area contributed by atoms with Crippen molar-refractivity contribution in [1.29, 1.82) is 5.41 Å². The van der Waals surface area contributed by atoms with Gasteiger partial charge in [0.2, 0.25) is 8.32 Å². The maximum atomic E-state index is 9.77. The van der Waals surface area contributed by atoms with Crippen LogP contribution < -0.4 is 15.1 Å². The summed E-state index contributed by atoms with van der Waals surface area (Å²) in [6, 6.07) is 18.7. The molecule has 1 aliphatic heterocycles. The number of amidine groups is 1. The highest BCUT2D eigenvalue weighted by Gasteiger charge is 2.39. The highest BCUT2D eigenvalue weighted by Crippen LogP contribution is 2.38. The molecule has 8 heteroatoms. The monoisotopic (exact) mass is 536 g/mol. The highest BCUT2D eigenvalue weighted by molar-refractivity contribution is 7.18. The van der Waals surface area contributed by atoms with Gasteiger partial charge in [-0.3, -0.25) is 10.3 Å². The zero-order valence-electron chi connectivity index (χ0n) is 22.8. The number of thiophene rings is 1. The summed E-state index contributed by atoms with van der Waals surface area (Å²) in [6.07, 6.45) is 0.663. The van der Waals surface area contributed by atoms with E-state index >= 15 is 0 Å². The molecule has 1 aromatic heterocycles. The molecule has 1 atom stereocenters. The lowest BCUT2D eigenvalue weighted by molar-refractivity contribution is 0.175. The molecule has 3 aromatic rings. The standard InChI is InChI=1S/C29H40N4O2SSi/c1-29(2,3)37(5,6)35-24-9-7-8-22(16-24)32-28(30)27-25(31-4)17-26(36-27)21-12-10-20(11-13-21)18-33-15-14-23(34)19-33/h7-13,16-17,23,31,34H,14-15,18-19H2,1-6H3,(H2,30,32). The van der Waals surface area contributed by atoms with Crippen molar-refractivity contribution in [2.75, 3.05) is 30.8 Å². The van der Waals surface area contributed by atoms with Gasteiger partial charge in [-0.05, 0) is 53.9 Å². The molecule has 0 aliphatic carbocycles. The van der Waals surface area contributed by atoms with Crippen LogP contribution in [0.2, 0.25) is 18.1 Å². The highest BCUT2D eigenvalue weighted by atomic mass is 32.1. The van der Waals surface area contributed by atoms with Gasteiger partial charge in [-0.2, -0.15) is 0 Å². The van der Waals surface area contributed by atoms with E-state index in [-0.39, 0.29) is 11.1 Å². The molecule has 37 heavy (non-hydrogen) atoms. The predicted molar refractivity (Wildman–Crippen MR) is 160 cm³/mol. The molecule has 2 heterocycles. The fourth-order valence-corrected chi connectivity index (χ4v) is 6.28. The summed E-state index contributed by atoms with van der Waals surface area (Å²) >= 11 is 1.60. The van der Waals surface area contributed by atoms with Crippen molar-refractivity contribution < 1.29 is 9.53 Å². The van der Waals surface area contributed by atoms with Gasteiger partial charge in [-0.25, -0.2) is 0 Å². The molecule has 4 rings (SSSR count). The summed E-state index contributed by atoms with van der Waals surface area (Å²) in [5.74, 6) is 1.20. The van der Waals surface area contributed by atoms with Crippen LogP contribution in [0.5, 0.6) is 5.75 Å². The summed E-state index contributed by atoms with van der Waals surface area (Å²) in [5.41, 5.74) is 4.16. The van der Waals surface area contributed by atoms with E-state index in [1.54, 1.807) is 11.3 Å². The summed E-state index contributed by atoms with van der Waals surface area (Å²) in [6.45, 7) is 13.7. The largest absolute Gasteiger partial charge is 0.543 e. The number of aliphatic hydroxyl groups is 1. The number of likely N-dealkylation sites (tertiary alicyclic amines) is 1.